The van der Waals surface area contributed by atoms with Gasteiger partial charge >= 0.3 is 0 Å². The van der Waals surface area contributed by atoms with Crippen LogP contribution >= 0.6 is 11.3 Å². The number of hydrogen-bond donors (Lipinski definition) is 2. The average Bonchev–Trinajstić information content (AvgIpc) is 2.85. The molecule has 0 fully saturated rings. The van der Waals surface area contributed by atoms with Crippen LogP contribution in [-0.2, 0) is 0 Å². The van der Waals surface area contributed by atoms with Crippen LogP contribution in [-0.4, -0.2) is 37.0 Å². The maximum absolute atomic E-state index is 12.1. The quantitative estimate of drug-likeness (QED) is 0.637. The highest BCUT2D eigenvalue weighted by Gasteiger charge is 2.10. The van der Waals surface area contributed by atoms with Crippen molar-refractivity contribution in [3.63, 3.8) is 0 Å². The summed E-state index contributed by atoms with van der Waals surface area (Å²) in [5.74, 6) is 0.00183. The number of nitrogens with two attached hydrogens (primary N) is 1. The molecule has 2 aromatic rings. The Morgan fingerprint density at radius 2 is 2.14 bits per heavy atom. The molecule has 1 aromatic carbocycles. The van der Waals surface area contributed by atoms with Crippen molar-refractivity contribution in [3.05, 3.63) is 29.1 Å². The lowest BCUT2D eigenvalue weighted by Crippen LogP contribution is -2.31. The van der Waals surface area contributed by atoms with Gasteiger partial charge < -0.3 is 16.0 Å². The molecule has 2 rings (SSSR count). The Kier molecular flexibility index (Phi) is 5.20. The molecule has 0 bridgehead atoms. The third-order valence-electron chi connectivity index (χ3n) is 3.62. The molecule has 0 unspecified atom stereocenters. The van der Waals surface area contributed by atoms with Crippen molar-refractivity contribution in [2.75, 3.05) is 25.9 Å². The van der Waals surface area contributed by atoms with Crippen LogP contribution in [0.15, 0.2) is 24.3 Å². The first-order valence-electron chi connectivity index (χ1n) is 7.25. The van der Waals surface area contributed by atoms with Crippen LogP contribution in [0, 0.1) is 0 Å². The zero-order valence-corrected chi connectivity index (χ0v) is 13.7. The van der Waals surface area contributed by atoms with Gasteiger partial charge in [0.05, 0.1) is 4.88 Å². The van der Waals surface area contributed by atoms with E-state index in [-0.39, 0.29) is 5.91 Å². The number of carbonyl (C=O) groups excluding carboxylic acids is 1. The Balaban J connectivity index is 1.87. The van der Waals surface area contributed by atoms with Gasteiger partial charge in [0.2, 0.25) is 0 Å². The number of fused-ring (bicyclic) bond motifs is 1. The molecule has 5 heteroatoms. The molecule has 0 radical (unpaired) electrons. The maximum Gasteiger partial charge on any atom is 0.261 e. The van der Waals surface area contributed by atoms with Crippen molar-refractivity contribution in [1.29, 1.82) is 0 Å². The lowest BCUT2D eigenvalue weighted by Gasteiger charge is -2.20. The highest BCUT2D eigenvalue weighted by atomic mass is 32.1. The van der Waals surface area contributed by atoms with Crippen molar-refractivity contribution >= 4 is 33.0 Å². The Morgan fingerprint density at radius 3 is 2.86 bits per heavy atom. The molecule has 0 atom stereocenters. The second kappa shape index (κ2) is 6.91. The predicted molar refractivity (Wildman–Crippen MR) is 91.0 cm³/mol. The number of amides is 1. The van der Waals surface area contributed by atoms with E-state index in [1.807, 2.05) is 24.3 Å². The molecule has 0 saturated heterocycles. The summed E-state index contributed by atoms with van der Waals surface area (Å²) in [5, 5.41) is 4.01. The Labute approximate surface area is 129 Å². The fraction of sp³-hybridized carbons (Fsp3) is 0.438. The number of nitrogen functional groups attached to an aromatic ring is 1. The van der Waals surface area contributed by atoms with Crippen molar-refractivity contribution in [2.45, 2.75) is 26.3 Å². The standard InChI is InChI=1S/C16H23N3OS/c1-11(2)19(3)8-4-7-18-16(20)15-10-12-9-13(17)5-6-14(12)21-15/h5-6,9-11H,4,7-8,17H2,1-3H3,(H,18,20). The number of nitrogens with zero attached hydrogens (tertiary/aromatic N) is 1. The molecule has 3 N–H and O–H groups in total. The molecular weight excluding hydrogens is 282 g/mol. The third kappa shape index (κ3) is 4.19. The summed E-state index contributed by atoms with van der Waals surface area (Å²) < 4.78 is 1.09. The van der Waals surface area contributed by atoms with E-state index in [0.29, 0.717) is 12.6 Å². The first kappa shape index (κ1) is 15.8. The molecule has 1 heterocycles. The van der Waals surface area contributed by atoms with Crippen LogP contribution in [0.1, 0.15) is 29.9 Å². The summed E-state index contributed by atoms with van der Waals surface area (Å²) in [6.45, 7) is 6.02. The van der Waals surface area contributed by atoms with Gasteiger partial charge in [-0.3, -0.25) is 4.79 Å². The minimum Gasteiger partial charge on any atom is -0.399 e. The first-order valence-corrected chi connectivity index (χ1v) is 8.06. The summed E-state index contributed by atoms with van der Waals surface area (Å²) in [6, 6.07) is 8.17. The molecule has 114 valence electrons. The van der Waals surface area contributed by atoms with Gasteiger partial charge in [-0.05, 0) is 63.5 Å². The number of carbonyl (C=O) groups is 1. The van der Waals surface area contributed by atoms with Crippen LogP contribution in [0.3, 0.4) is 0 Å². The Hall–Kier alpha value is -1.59. The first-order chi connectivity index (χ1) is 9.97. The molecule has 0 aliphatic heterocycles. The number of hydrogen-bond acceptors (Lipinski definition) is 4. The zero-order valence-electron chi connectivity index (χ0n) is 12.8. The normalized spacial score (nSPS) is 11.5. The SMILES string of the molecule is CC(C)N(C)CCCNC(=O)c1cc2cc(N)ccc2s1. The van der Waals surface area contributed by atoms with Crippen LogP contribution in [0.5, 0.6) is 0 Å². The summed E-state index contributed by atoms with van der Waals surface area (Å²) >= 11 is 1.51. The summed E-state index contributed by atoms with van der Waals surface area (Å²) in [4.78, 5) is 15.1. The lowest BCUT2D eigenvalue weighted by atomic mass is 10.2. The maximum atomic E-state index is 12.1. The summed E-state index contributed by atoms with van der Waals surface area (Å²) in [6.07, 6.45) is 0.957. The van der Waals surface area contributed by atoms with Crippen molar-refractivity contribution in [2.24, 2.45) is 0 Å². The van der Waals surface area contributed by atoms with Gasteiger partial charge in [0, 0.05) is 23.0 Å². The smallest absolute Gasteiger partial charge is 0.261 e. The van der Waals surface area contributed by atoms with E-state index in [1.165, 1.54) is 11.3 Å². The number of benzene rings is 1. The zero-order chi connectivity index (χ0) is 15.4. The third-order valence-corrected chi connectivity index (χ3v) is 4.73. The second-order valence-corrected chi connectivity index (χ2v) is 6.68. The minimum absolute atomic E-state index is 0.00183. The Bertz CT molecular complexity index is 621. The molecular formula is C16H23N3OS. The number of anilines is 1. The fourth-order valence-electron chi connectivity index (χ4n) is 2.05. The van der Waals surface area contributed by atoms with Crippen LogP contribution in [0.25, 0.3) is 10.1 Å². The highest BCUT2D eigenvalue weighted by molar-refractivity contribution is 7.20. The van der Waals surface area contributed by atoms with E-state index >= 15 is 0 Å². The van der Waals surface area contributed by atoms with Crippen LogP contribution in [0.2, 0.25) is 0 Å². The molecule has 0 saturated carbocycles. The predicted octanol–water partition coefficient (Wildman–Crippen LogP) is 2.94. The molecule has 0 aliphatic carbocycles. The van der Waals surface area contributed by atoms with Gasteiger partial charge in [-0.1, -0.05) is 0 Å². The van der Waals surface area contributed by atoms with Gasteiger partial charge in [-0.15, -0.1) is 11.3 Å². The summed E-state index contributed by atoms with van der Waals surface area (Å²) in [7, 11) is 2.10. The van der Waals surface area contributed by atoms with E-state index in [4.69, 9.17) is 5.73 Å². The lowest BCUT2D eigenvalue weighted by molar-refractivity contribution is 0.0955. The van der Waals surface area contributed by atoms with Crippen LogP contribution < -0.4 is 11.1 Å². The molecule has 4 nitrogen and oxygen atoms in total. The van der Waals surface area contributed by atoms with Gasteiger partial charge in [0.1, 0.15) is 0 Å². The minimum atomic E-state index is 0.00183. The van der Waals surface area contributed by atoms with Crippen molar-refractivity contribution in [3.8, 4) is 0 Å². The molecule has 0 aliphatic rings. The van der Waals surface area contributed by atoms with Gasteiger partial charge in [0.15, 0.2) is 0 Å². The van der Waals surface area contributed by atoms with E-state index in [1.54, 1.807) is 0 Å². The van der Waals surface area contributed by atoms with Crippen LogP contribution in [0.4, 0.5) is 5.69 Å². The van der Waals surface area contributed by atoms with Crippen molar-refractivity contribution in [1.82, 2.24) is 10.2 Å². The Morgan fingerprint density at radius 1 is 1.38 bits per heavy atom. The van der Waals surface area contributed by atoms with Gasteiger partial charge in [0.25, 0.3) is 5.91 Å². The van der Waals surface area contributed by atoms with Gasteiger partial charge in [-0.2, -0.15) is 0 Å². The van der Waals surface area contributed by atoms with E-state index in [2.05, 4.69) is 31.1 Å². The average molecular weight is 305 g/mol. The molecule has 1 amide bonds. The van der Waals surface area contributed by atoms with Gasteiger partial charge in [-0.25, -0.2) is 0 Å². The number of rotatable bonds is 6. The van der Waals surface area contributed by atoms with Crippen molar-refractivity contribution < 1.29 is 4.79 Å². The largest absolute Gasteiger partial charge is 0.399 e. The number of nitrogens with one attached hydrogen (secondary N) is 1. The number of thiophene rings is 1. The monoisotopic (exact) mass is 305 g/mol. The second-order valence-electron chi connectivity index (χ2n) is 5.59. The molecule has 1 aromatic heterocycles. The molecule has 0 spiro atoms. The van der Waals surface area contributed by atoms with E-state index in [9.17, 15) is 4.79 Å². The van der Waals surface area contributed by atoms with E-state index < -0.39 is 0 Å². The highest BCUT2D eigenvalue weighted by Crippen LogP contribution is 2.27. The van der Waals surface area contributed by atoms with E-state index in [0.717, 1.165) is 33.6 Å². The topological polar surface area (TPSA) is 58.4 Å². The molecule has 21 heavy (non-hydrogen) atoms. The summed E-state index contributed by atoms with van der Waals surface area (Å²) in [5.41, 5.74) is 6.49. The fourth-order valence-corrected chi connectivity index (χ4v) is 3.01.